The van der Waals surface area contributed by atoms with E-state index in [4.69, 9.17) is 15.2 Å². The molecule has 4 aromatic rings. The van der Waals surface area contributed by atoms with Gasteiger partial charge in [-0.1, -0.05) is 13.0 Å². The maximum Gasteiger partial charge on any atom is 0.221 e. The number of hydrogen-bond acceptors (Lipinski definition) is 8. The Morgan fingerprint density at radius 3 is 2.85 bits per heavy atom. The molecule has 0 saturated carbocycles. The fourth-order valence-corrected chi connectivity index (χ4v) is 4.19. The molecule has 1 aromatic carbocycles. The third-order valence-corrected chi connectivity index (χ3v) is 6.11. The van der Waals surface area contributed by atoms with E-state index < -0.39 is 0 Å². The van der Waals surface area contributed by atoms with Crippen molar-refractivity contribution in [2.45, 2.75) is 13.3 Å². The summed E-state index contributed by atoms with van der Waals surface area (Å²) < 4.78 is 13.1. The highest BCUT2D eigenvalue weighted by Crippen LogP contribution is 2.38. The van der Waals surface area contributed by atoms with Crippen molar-refractivity contribution in [1.82, 2.24) is 24.7 Å². The Bertz CT molecular complexity index is 1310. The normalized spacial score (nSPS) is 18.0. The van der Waals surface area contributed by atoms with E-state index in [9.17, 15) is 0 Å². The summed E-state index contributed by atoms with van der Waals surface area (Å²) in [5.41, 5.74) is 10.4. The number of ether oxygens (including phenoxy) is 2. The molecule has 1 aliphatic rings. The van der Waals surface area contributed by atoms with Gasteiger partial charge in [0.05, 0.1) is 25.6 Å². The second-order valence-electron chi connectivity index (χ2n) is 8.77. The molecule has 1 saturated heterocycles. The zero-order valence-corrected chi connectivity index (χ0v) is 19.0. The quantitative estimate of drug-likeness (QED) is 0.463. The van der Waals surface area contributed by atoms with Crippen molar-refractivity contribution in [3.63, 3.8) is 0 Å². The number of nitrogens with zero attached hydrogens (tertiary/aromatic N) is 5. The Morgan fingerprint density at radius 1 is 1.24 bits per heavy atom. The van der Waals surface area contributed by atoms with E-state index in [0.717, 1.165) is 48.3 Å². The fraction of sp³-hybridized carbons (Fsp3) is 0.333. The first-order valence-corrected chi connectivity index (χ1v) is 10.9. The predicted molar refractivity (Wildman–Crippen MR) is 128 cm³/mol. The van der Waals surface area contributed by atoms with Crippen LogP contribution in [0.2, 0.25) is 0 Å². The lowest BCUT2D eigenvalue weighted by Gasteiger charge is -2.22. The molecule has 1 atom stereocenters. The molecule has 4 heterocycles. The molecule has 1 unspecified atom stereocenters. The van der Waals surface area contributed by atoms with Crippen LogP contribution in [0.5, 0.6) is 5.75 Å². The zero-order valence-electron chi connectivity index (χ0n) is 19.0. The lowest BCUT2D eigenvalue weighted by Crippen LogP contribution is -2.27. The van der Waals surface area contributed by atoms with E-state index in [1.165, 1.54) is 0 Å². The lowest BCUT2D eigenvalue weighted by atomic mass is 9.90. The molecule has 9 heteroatoms. The standard InChI is InChI=1S/C24H27N7O2/c1-24(7-9-33-14-24)13-27-22-21-18(6-8-26-22)20(29-23(25)30-21)17-5-4-15(10-19(17)32-3)16-11-28-31(2)12-16/h4-6,8,10-12H,7,9,13-14H2,1-3H3,(H,26,27)(H2,25,29,30). The number of nitrogens with one attached hydrogen (secondary N) is 1. The van der Waals surface area contributed by atoms with Gasteiger partial charge in [0.1, 0.15) is 11.3 Å². The van der Waals surface area contributed by atoms with Gasteiger partial charge >= 0.3 is 0 Å². The Balaban J connectivity index is 1.57. The van der Waals surface area contributed by atoms with Crippen molar-refractivity contribution in [2.24, 2.45) is 12.5 Å². The highest BCUT2D eigenvalue weighted by molar-refractivity contribution is 5.99. The van der Waals surface area contributed by atoms with Crippen molar-refractivity contribution in [2.75, 3.05) is 37.9 Å². The smallest absolute Gasteiger partial charge is 0.221 e. The van der Waals surface area contributed by atoms with E-state index in [2.05, 4.69) is 32.3 Å². The summed E-state index contributed by atoms with van der Waals surface area (Å²) >= 11 is 0. The van der Waals surface area contributed by atoms with Crippen LogP contribution in [0.4, 0.5) is 11.8 Å². The van der Waals surface area contributed by atoms with Crippen LogP contribution < -0.4 is 15.8 Å². The van der Waals surface area contributed by atoms with E-state index in [1.54, 1.807) is 18.0 Å². The molecular formula is C24H27N7O2. The van der Waals surface area contributed by atoms with Gasteiger partial charge in [0.25, 0.3) is 0 Å². The van der Waals surface area contributed by atoms with Gasteiger partial charge in [0.15, 0.2) is 5.82 Å². The van der Waals surface area contributed by atoms with Crippen LogP contribution >= 0.6 is 0 Å². The summed E-state index contributed by atoms with van der Waals surface area (Å²) in [4.78, 5) is 13.6. The molecule has 33 heavy (non-hydrogen) atoms. The molecule has 0 radical (unpaired) electrons. The predicted octanol–water partition coefficient (Wildman–Crippen LogP) is 3.52. The average molecular weight is 446 g/mol. The van der Waals surface area contributed by atoms with Gasteiger partial charge in [-0.25, -0.2) is 15.0 Å². The second-order valence-corrected chi connectivity index (χ2v) is 8.77. The van der Waals surface area contributed by atoms with Crippen LogP contribution in [0.1, 0.15) is 13.3 Å². The molecule has 0 spiro atoms. The summed E-state index contributed by atoms with van der Waals surface area (Å²) in [5.74, 6) is 1.56. The second kappa shape index (κ2) is 8.32. The Kier molecular flexibility index (Phi) is 5.33. The monoisotopic (exact) mass is 445 g/mol. The van der Waals surface area contributed by atoms with E-state index in [-0.39, 0.29) is 11.4 Å². The number of methoxy groups -OCH3 is 1. The maximum absolute atomic E-state index is 6.14. The van der Waals surface area contributed by atoms with Gasteiger partial charge in [-0.2, -0.15) is 5.10 Å². The van der Waals surface area contributed by atoms with E-state index in [1.807, 2.05) is 43.7 Å². The minimum atomic E-state index is 0.0661. The maximum atomic E-state index is 6.14. The summed E-state index contributed by atoms with van der Waals surface area (Å²) in [6.07, 6.45) is 6.56. The molecule has 5 rings (SSSR count). The van der Waals surface area contributed by atoms with Gasteiger partial charge in [-0.15, -0.1) is 0 Å². The Hall–Kier alpha value is -3.72. The topological polar surface area (TPSA) is 113 Å². The third-order valence-electron chi connectivity index (χ3n) is 6.11. The summed E-state index contributed by atoms with van der Waals surface area (Å²) in [6.45, 7) is 4.46. The van der Waals surface area contributed by atoms with Crippen LogP contribution in [0, 0.1) is 5.41 Å². The lowest BCUT2D eigenvalue weighted by molar-refractivity contribution is 0.164. The Labute approximate surface area is 192 Å². The van der Waals surface area contributed by atoms with Gasteiger partial charge < -0.3 is 20.5 Å². The molecule has 1 aliphatic heterocycles. The number of benzene rings is 1. The first-order chi connectivity index (χ1) is 16.0. The number of nitrogens with two attached hydrogens (primary N) is 1. The van der Waals surface area contributed by atoms with Crippen molar-refractivity contribution in [3.8, 4) is 28.1 Å². The van der Waals surface area contributed by atoms with Gasteiger partial charge in [0, 0.05) is 54.5 Å². The number of rotatable bonds is 6. The molecule has 3 aromatic heterocycles. The molecule has 9 nitrogen and oxygen atoms in total. The molecule has 1 fully saturated rings. The molecule has 170 valence electrons. The SMILES string of the molecule is COc1cc(-c2cnn(C)c2)ccc1-c1nc(N)nc2c(NCC3(C)CCOC3)nccc12. The molecule has 0 bridgehead atoms. The zero-order chi connectivity index (χ0) is 23.0. The minimum Gasteiger partial charge on any atom is -0.496 e. The van der Waals surface area contributed by atoms with Gasteiger partial charge in [-0.05, 0) is 30.2 Å². The molecular weight excluding hydrogens is 418 g/mol. The van der Waals surface area contributed by atoms with Crippen molar-refractivity contribution >= 4 is 22.7 Å². The highest BCUT2D eigenvalue weighted by atomic mass is 16.5. The van der Waals surface area contributed by atoms with E-state index >= 15 is 0 Å². The number of hydrogen-bond donors (Lipinski definition) is 2. The fourth-order valence-electron chi connectivity index (χ4n) is 4.19. The number of nitrogen functional groups attached to an aromatic ring is 1. The van der Waals surface area contributed by atoms with Crippen LogP contribution in [-0.4, -0.2) is 51.6 Å². The number of pyridine rings is 1. The van der Waals surface area contributed by atoms with Crippen LogP contribution in [0.3, 0.4) is 0 Å². The minimum absolute atomic E-state index is 0.0661. The van der Waals surface area contributed by atoms with Crippen molar-refractivity contribution in [1.29, 1.82) is 0 Å². The van der Waals surface area contributed by atoms with Crippen LogP contribution in [0.25, 0.3) is 33.3 Å². The number of fused-ring (bicyclic) bond motifs is 1. The van der Waals surface area contributed by atoms with Gasteiger partial charge in [-0.3, -0.25) is 4.68 Å². The summed E-state index contributed by atoms with van der Waals surface area (Å²) in [7, 11) is 3.54. The molecule has 0 aliphatic carbocycles. The Morgan fingerprint density at radius 2 is 2.12 bits per heavy atom. The average Bonchev–Trinajstić information content (AvgIpc) is 3.45. The summed E-state index contributed by atoms with van der Waals surface area (Å²) in [6, 6.07) is 7.91. The largest absolute Gasteiger partial charge is 0.496 e. The number of aromatic nitrogens is 5. The number of anilines is 2. The van der Waals surface area contributed by atoms with Crippen molar-refractivity contribution < 1.29 is 9.47 Å². The van der Waals surface area contributed by atoms with Gasteiger partial charge in [0.2, 0.25) is 5.95 Å². The van der Waals surface area contributed by atoms with Crippen molar-refractivity contribution in [3.05, 3.63) is 42.9 Å². The summed E-state index contributed by atoms with van der Waals surface area (Å²) in [5, 5.41) is 8.57. The molecule has 0 amide bonds. The number of aryl methyl sites for hydroxylation is 1. The van der Waals surface area contributed by atoms with E-state index in [0.29, 0.717) is 22.8 Å². The van der Waals surface area contributed by atoms with Crippen LogP contribution in [0.15, 0.2) is 42.9 Å². The third kappa shape index (κ3) is 4.07. The highest BCUT2D eigenvalue weighted by Gasteiger charge is 2.30. The first kappa shape index (κ1) is 21.1. The first-order valence-electron chi connectivity index (χ1n) is 10.9. The van der Waals surface area contributed by atoms with Crippen LogP contribution in [-0.2, 0) is 11.8 Å². The molecule has 3 N–H and O–H groups in total.